The van der Waals surface area contributed by atoms with Gasteiger partial charge in [-0.3, -0.25) is 0 Å². The van der Waals surface area contributed by atoms with Crippen LogP contribution >= 0.6 is 0 Å². The van der Waals surface area contributed by atoms with Gasteiger partial charge >= 0.3 is 6.18 Å². The summed E-state index contributed by atoms with van der Waals surface area (Å²) in [7, 11) is 0. The van der Waals surface area contributed by atoms with Crippen LogP contribution in [0.15, 0.2) is 0 Å². The Morgan fingerprint density at radius 1 is 1.12 bits per heavy atom. The summed E-state index contributed by atoms with van der Waals surface area (Å²) in [5.74, 6) is 1.93. The molecule has 0 bridgehead atoms. The zero-order chi connectivity index (χ0) is 12.2. The van der Waals surface area contributed by atoms with Crippen LogP contribution in [-0.2, 0) is 0 Å². The second-order valence-electron chi connectivity index (χ2n) is 5.27. The van der Waals surface area contributed by atoms with Crippen molar-refractivity contribution >= 4 is 0 Å². The first kappa shape index (κ1) is 13.8. The molecule has 0 atom stereocenters. The monoisotopic (exact) mass is 237 g/mol. The molecule has 0 saturated heterocycles. The van der Waals surface area contributed by atoms with Crippen LogP contribution < -0.4 is 5.32 Å². The Labute approximate surface area is 95.8 Å². The first-order valence-electron chi connectivity index (χ1n) is 6.16. The van der Waals surface area contributed by atoms with E-state index < -0.39 is 12.7 Å². The van der Waals surface area contributed by atoms with Crippen LogP contribution in [0.3, 0.4) is 0 Å². The summed E-state index contributed by atoms with van der Waals surface area (Å²) in [5, 5.41) is 2.51. The Bertz CT molecular complexity index is 193. The Hall–Kier alpha value is -0.250. The molecular formula is C12H22F3N. The Kier molecular flexibility index (Phi) is 5.09. The molecule has 1 aliphatic rings. The topological polar surface area (TPSA) is 12.0 Å². The van der Waals surface area contributed by atoms with Crippen molar-refractivity contribution in [2.45, 2.75) is 45.7 Å². The maximum absolute atomic E-state index is 11.9. The summed E-state index contributed by atoms with van der Waals surface area (Å²) in [6.45, 7) is 4.13. The molecule has 1 nitrogen and oxygen atoms in total. The van der Waals surface area contributed by atoms with Crippen LogP contribution in [-0.4, -0.2) is 19.3 Å². The first-order valence-corrected chi connectivity index (χ1v) is 6.16. The molecule has 0 aliphatic heterocycles. The van der Waals surface area contributed by atoms with Crippen LogP contribution in [0.1, 0.15) is 39.5 Å². The molecule has 4 heteroatoms. The quantitative estimate of drug-likeness (QED) is 0.787. The lowest BCUT2D eigenvalue weighted by atomic mass is 9.77. The Morgan fingerprint density at radius 2 is 1.69 bits per heavy atom. The van der Waals surface area contributed by atoms with Gasteiger partial charge in [0.25, 0.3) is 0 Å². The number of nitrogens with one attached hydrogen (secondary N) is 1. The van der Waals surface area contributed by atoms with Gasteiger partial charge in [-0.25, -0.2) is 0 Å². The lowest BCUT2D eigenvalue weighted by molar-refractivity contribution is -0.125. The molecule has 0 heterocycles. The van der Waals surface area contributed by atoms with Crippen molar-refractivity contribution in [3.8, 4) is 0 Å². The molecule has 0 aromatic heterocycles. The highest BCUT2D eigenvalue weighted by Crippen LogP contribution is 2.32. The van der Waals surface area contributed by atoms with Crippen LogP contribution in [0, 0.1) is 17.8 Å². The van der Waals surface area contributed by atoms with Gasteiger partial charge in [0.1, 0.15) is 0 Å². The summed E-state index contributed by atoms with van der Waals surface area (Å²) in [4.78, 5) is 0. The van der Waals surface area contributed by atoms with Gasteiger partial charge < -0.3 is 5.32 Å². The Morgan fingerprint density at radius 3 is 2.12 bits per heavy atom. The zero-order valence-corrected chi connectivity index (χ0v) is 10.1. The van der Waals surface area contributed by atoms with Gasteiger partial charge in [-0.05, 0) is 50.0 Å². The minimum Gasteiger partial charge on any atom is -0.308 e. The predicted molar refractivity (Wildman–Crippen MR) is 59.2 cm³/mol. The third kappa shape index (κ3) is 5.19. The largest absolute Gasteiger partial charge is 0.401 e. The molecule has 0 radical (unpaired) electrons. The first-order chi connectivity index (χ1) is 7.38. The highest BCUT2D eigenvalue weighted by atomic mass is 19.4. The Balaban J connectivity index is 2.13. The molecule has 1 saturated carbocycles. The molecule has 0 aromatic rings. The number of hydrogen-bond acceptors (Lipinski definition) is 1. The summed E-state index contributed by atoms with van der Waals surface area (Å²) >= 11 is 0. The molecule has 16 heavy (non-hydrogen) atoms. The molecule has 0 spiro atoms. The molecule has 0 amide bonds. The van der Waals surface area contributed by atoms with Gasteiger partial charge in [-0.15, -0.1) is 0 Å². The zero-order valence-electron chi connectivity index (χ0n) is 10.1. The average Bonchev–Trinajstić information content (AvgIpc) is 2.16. The molecule has 1 rings (SSSR count). The van der Waals surface area contributed by atoms with Crippen LogP contribution in [0.5, 0.6) is 0 Å². The minimum absolute atomic E-state index is 0.442. The molecule has 96 valence electrons. The number of hydrogen-bond donors (Lipinski definition) is 1. The standard InChI is InChI=1S/C12H22F3N/c1-9(2)11-5-3-10(4-6-11)7-16-8-12(13,14)15/h9-11,16H,3-8H2,1-2H3/t10-,11-. The summed E-state index contributed by atoms with van der Waals surface area (Å²) < 4.78 is 35.7. The van der Waals surface area contributed by atoms with E-state index in [9.17, 15) is 13.2 Å². The smallest absolute Gasteiger partial charge is 0.308 e. The van der Waals surface area contributed by atoms with E-state index in [2.05, 4.69) is 19.2 Å². The van der Waals surface area contributed by atoms with E-state index in [0.717, 1.165) is 18.8 Å². The maximum atomic E-state index is 11.9. The lowest BCUT2D eigenvalue weighted by Gasteiger charge is -2.31. The SMILES string of the molecule is CC(C)[C@H]1CC[C@H](CNCC(F)(F)F)CC1. The number of alkyl halides is 3. The summed E-state index contributed by atoms with van der Waals surface area (Å²) in [6.07, 6.45) is 0.433. The van der Waals surface area contributed by atoms with E-state index in [0.29, 0.717) is 18.4 Å². The van der Waals surface area contributed by atoms with Crippen LogP contribution in [0.4, 0.5) is 13.2 Å². The van der Waals surface area contributed by atoms with E-state index in [1.165, 1.54) is 12.8 Å². The second kappa shape index (κ2) is 5.89. The normalized spacial score (nSPS) is 27.4. The van der Waals surface area contributed by atoms with Crippen LogP contribution in [0.25, 0.3) is 0 Å². The third-order valence-corrected chi connectivity index (χ3v) is 3.59. The van der Waals surface area contributed by atoms with Gasteiger partial charge in [0.15, 0.2) is 0 Å². The average molecular weight is 237 g/mol. The maximum Gasteiger partial charge on any atom is 0.401 e. The van der Waals surface area contributed by atoms with E-state index in [1.807, 2.05) is 0 Å². The number of rotatable bonds is 4. The van der Waals surface area contributed by atoms with E-state index >= 15 is 0 Å². The minimum atomic E-state index is -4.07. The van der Waals surface area contributed by atoms with Crippen molar-refractivity contribution in [2.24, 2.45) is 17.8 Å². The predicted octanol–water partition coefficient (Wildman–Crippen LogP) is 3.60. The van der Waals surface area contributed by atoms with E-state index in [1.54, 1.807) is 0 Å². The lowest BCUT2D eigenvalue weighted by Crippen LogP contribution is -2.34. The van der Waals surface area contributed by atoms with Crippen molar-refractivity contribution < 1.29 is 13.2 Å². The van der Waals surface area contributed by atoms with Crippen molar-refractivity contribution in [1.29, 1.82) is 0 Å². The van der Waals surface area contributed by atoms with E-state index in [4.69, 9.17) is 0 Å². The fourth-order valence-electron chi connectivity index (χ4n) is 2.48. The second-order valence-corrected chi connectivity index (χ2v) is 5.27. The highest BCUT2D eigenvalue weighted by Gasteiger charge is 2.28. The van der Waals surface area contributed by atoms with Crippen molar-refractivity contribution in [2.75, 3.05) is 13.1 Å². The van der Waals surface area contributed by atoms with Crippen molar-refractivity contribution in [1.82, 2.24) is 5.32 Å². The molecule has 1 aliphatic carbocycles. The molecular weight excluding hydrogens is 215 g/mol. The van der Waals surface area contributed by atoms with Gasteiger partial charge in [0, 0.05) is 0 Å². The van der Waals surface area contributed by atoms with Gasteiger partial charge in [0.2, 0.25) is 0 Å². The molecule has 0 unspecified atom stereocenters. The van der Waals surface area contributed by atoms with Crippen molar-refractivity contribution in [3.05, 3.63) is 0 Å². The summed E-state index contributed by atoms with van der Waals surface area (Å²) in [6, 6.07) is 0. The van der Waals surface area contributed by atoms with Crippen molar-refractivity contribution in [3.63, 3.8) is 0 Å². The molecule has 0 aromatic carbocycles. The van der Waals surface area contributed by atoms with Gasteiger partial charge in [-0.2, -0.15) is 13.2 Å². The van der Waals surface area contributed by atoms with E-state index in [-0.39, 0.29) is 0 Å². The third-order valence-electron chi connectivity index (χ3n) is 3.59. The van der Waals surface area contributed by atoms with Crippen LogP contribution in [0.2, 0.25) is 0 Å². The fourth-order valence-corrected chi connectivity index (χ4v) is 2.48. The molecule has 1 fully saturated rings. The number of halogens is 3. The highest BCUT2D eigenvalue weighted by molar-refractivity contribution is 4.76. The fraction of sp³-hybridized carbons (Fsp3) is 1.00. The van der Waals surface area contributed by atoms with Gasteiger partial charge in [-0.1, -0.05) is 13.8 Å². The van der Waals surface area contributed by atoms with Gasteiger partial charge in [0.05, 0.1) is 6.54 Å². The summed E-state index contributed by atoms with van der Waals surface area (Å²) in [5.41, 5.74) is 0. The molecule has 1 N–H and O–H groups in total.